The molecule has 1 heterocycles. The number of aromatic amines is 1. The van der Waals surface area contributed by atoms with Gasteiger partial charge in [-0.15, -0.1) is 0 Å². The predicted octanol–water partition coefficient (Wildman–Crippen LogP) is 2.39. The second kappa shape index (κ2) is 4.88. The molecule has 1 amide bonds. The van der Waals surface area contributed by atoms with Crippen LogP contribution in [0.25, 0.3) is 0 Å². The van der Waals surface area contributed by atoms with E-state index in [4.69, 9.17) is 0 Å². The largest absolute Gasteiger partial charge is 0.349 e. The first-order chi connectivity index (χ1) is 9.25. The number of amides is 1. The molecule has 98 valence electrons. The zero-order chi connectivity index (χ0) is 13.2. The molecule has 1 fully saturated rings. The van der Waals surface area contributed by atoms with E-state index in [0.29, 0.717) is 5.92 Å². The summed E-state index contributed by atoms with van der Waals surface area (Å²) < 4.78 is 0. The van der Waals surface area contributed by atoms with Gasteiger partial charge in [-0.2, -0.15) is 5.10 Å². The third-order valence-corrected chi connectivity index (χ3v) is 3.73. The van der Waals surface area contributed by atoms with Gasteiger partial charge in [-0.25, -0.2) is 0 Å². The molecule has 1 aliphatic carbocycles. The van der Waals surface area contributed by atoms with Crippen LogP contribution in [0.3, 0.4) is 0 Å². The molecule has 4 heteroatoms. The van der Waals surface area contributed by atoms with E-state index in [0.717, 1.165) is 12.0 Å². The first-order valence-electron chi connectivity index (χ1n) is 6.59. The van der Waals surface area contributed by atoms with Gasteiger partial charge in [-0.05, 0) is 24.8 Å². The lowest BCUT2D eigenvalue weighted by molar-refractivity contribution is -0.123. The molecule has 0 saturated heterocycles. The van der Waals surface area contributed by atoms with E-state index in [-0.39, 0.29) is 17.9 Å². The zero-order valence-corrected chi connectivity index (χ0v) is 10.8. The minimum atomic E-state index is 0.00303. The van der Waals surface area contributed by atoms with Crippen LogP contribution in [0.4, 0.5) is 0 Å². The van der Waals surface area contributed by atoms with Gasteiger partial charge in [0.15, 0.2) is 0 Å². The first-order valence-corrected chi connectivity index (χ1v) is 6.59. The van der Waals surface area contributed by atoms with E-state index in [1.807, 2.05) is 31.3 Å². The maximum absolute atomic E-state index is 12.2. The van der Waals surface area contributed by atoms with Crippen LogP contribution >= 0.6 is 0 Å². The minimum Gasteiger partial charge on any atom is -0.349 e. The highest BCUT2D eigenvalue weighted by molar-refractivity contribution is 5.83. The Morgan fingerprint density at radius 2 is 2.21 bits per heavy atom. The zero-order valence-electron chi connectivity index (χ0n) is 10.8. The van der Waals surface area contributed by atoms with Crippen molar-refractivity contribution in [3.8, 4) is 0 Å². The Hall–Kier alpha value is -2.10. The number of carbonyl (C=O) groups is 1. The molecule has 4 nitrogen and oxygen atoms in total. The molecule has 19 heavy (non-hydrogen) atoms. The summed E-state index contributed by atoms with van der Waals surface area (Å²) in [7, 11) is 0. The summed E-state index contributed by atoms with van der Waals surface area (Å²) in [6.45, 7) is 1.97. The predicted molar refractivity (Wildman–Crippen MR) is 72.4 cm³/mol. The summed E-state index contributed by atoms with van der Waals surface area (Å²) in [5.41, 5.74) is 2.27. The summed E-state index contributed by atoms with van der Waals surface area (Å²) in [5.74, 6) is 0.650. The average molecular weight is 255 g/mol. The second-order valence-corrected chi connectivity index (χ2v) is 5.12. The highest BCUT2D eigenvalue weighted by Gasteiger charge is 2.44. The first kappa shape index (κ1) is 12.0. The van der Waals surface area contributed by atoms with Crippen molar-refractivity contribution in [2.45, 2.75) is 25.3 Å². The summed E-state index contributed by atoms with van der Waals surface area (Å²) in [4.78, 5) is 12.2. The molecular formula is C15H17N3O. The maximum atomic E-state index is 12.2. The fourth-order valence-corrected chi connectivity index (χ4v) is 2.45. The van der Waals surface area contributed by atoms with Crippen molar-refractivity contribution in [2.24, 2.45) is 5.92 Å². The van der Waals surface area contributed by atoms with Crippen molar-refractivity contribution in [3.05, 3.63) is 53.9 Å². The van der Waals surface area contributed by atoms with Crippen molar-refractivity contribution in [2.75, 3.05) is 0 Å². The Kier molecular flexibility index (Phi) is 3.07. The summed E-state index contributed by atoms with van der Waals surface area (Å²) in [6, 6.07) is 10.2. The molecule has 2 aromatic rings. The van der Waals surface area contributed by atoms with Crippen molar-refractivity contribution >= 4 is 5.91 Å². The van der Waals surface area contributed by atoms with Crippen LogP contribution in [0.1, 0.15) is 36.4 Å². The second-order valence-electron chi connectivity index (χ2n) is 5.12. The smallest absolute Gasteiger partial charge is 0.224 e. The molecule has 1 saturated carbocycles. The van der Waals surface area contributed by atoms with E-state index in [9.17, 15) is 4.79 Å². The maximum Gasteiger partial charge on any atom is 0.224 e. The van der Waals surface area contributed by atoms with Gasteiger partial charge in [0.25, 0.3) is 0 Å². The SMILES string of the molecule is CC(NC(=O)C1CC1c1ccccc1)c1cn[nH]c1. The Morgan fingerprint density at radius 3 is 2.89 bits per heavy atom. The van der Waals surface area contributed by atoms with E-state index >= 15 is 0 Å². The summed E-state index contributed by atoms with van der Waals surface area (Å²) in [6.07, 6.45) is 4.51. The molecule has 3 atom stereocenters. The van der Waals surface area contributed by atoms with E-state index in [2.05, 4.69) is 27.6 Å². The number of benzene rings is 1. The molecule has 3 unspecified atom stereocenters. The van der Waals surface area contributed by atoms with Gasteiger partial charge in [-0.1, -0.05) is 30.3 Å². The van der Waals surface area contributed by atoms with Crippen molar-refractivity contribution in [3.63, 3.8) is 0 Å². The van der Waals surface area contributed by atoms with Crippen LogP contribution in [-0.4, -0.2) is 16.1 Å². The molecule has 3 rings (SSSR count). The molecule has 1 aromatic carbocycles. The number of H-pyrrole nitrogens is 1. The number of hydrogen-bond donors (Lipinski definition) is 2. The lowest BCUT2D eigenvalue weighted by Gasteiger charge is -2.11. The molecule has 2 N–H and O–H groups in total. The van der Waals surface area contributed by atoms with E-state index in [1.54, 1.807) is 6.20 Å². The third-order valence-electron chi connectivity index (χ3n) is 3.73. The minimum absolute atomic E-state index is 0.00303. The number of hydrogen-bond acceptors (Lipinski definition) is 2. The molecule has 0 radical (unpaired) electrons. The molecule has 1 aromatic heterocycles. The van der Waals surface area contributed by atoms with Gasteiger partial charge in [0.05, 0.1) is 12.2 Å². The van der Waals surface area contributed by atoms with Gasteiger partial charge in [0, 0.05) is 17.7 Å². The Balaban J connectivity index is 1.58. The number of aromatic nitrogens is 2. The lowest BCUT2D eigenvalue weighted by Crippen LogP contribution is -2.28. The number of nitrogens with one attached hydrogen (secondary N) is 2. The van der Waals surface area contributed by atoms with Crippen LogP contribution < -0.4 is 5.32 Å². The van der Waals surface area contributed by atoms with Crippen LogP contribution in [0.2, 0.25) is 0 Å². The molecule has 0 bridgehead atoms. The number of carbonyl (C=O) groups excluding carboxylic acids is 1. The average Bonchev–Trinajstić information content (AvgIpc) is 3.05. The van der Waals surface area contributed by atoms with Crippen LogP contribution in [-0.2, 0) is 4.79 Å². The summed E-state index contributed by atoms with van der Waals surface area (Å²) >= 11 is 0. The Bertz CT molecular complexity index is 550. The van der Waals surface area contributed by atoms with Gasteiger partial charge < -0.3 is 5.32 Å². The standard InChI is InChI=1S/C15H17N3O/c1-10(12-8-16-17-9-12)18-15(19)14-7-13(14)11-5-3-2-4-6-11/h2-6,8-10,13-14H,7H2,1H3,(H,16,17)(H,18,19). The topological polar surface area (TPSA) is 57.8 Å². The monoisotopic (exact) mass is 255 g/mol. The number of nitrogens with zero attached hydrogens (tertiary/aromatic N) is 1. The van der Waals surface area contributed by atoms with Crippen LogP contribution in [0.15, 0.2) is 42.7 Å². The van der Waals surface area contributed by atoms with Crippen LogP contribution in [0.5, 0.6) is 0 Å². The fourth-order valence-electron chi connectivity index (χ4n) is 2.45. The molecule has 0 aliphatic heterocycles. The van der Waals surface area contributed by atoms with Gasteiger partial charge in [0.2, 0.25) is 5.91 Å². The van der Waals surface area contributed by atoms with Gasteiger partial charge in [0.1, 0.15) is 0 Å². The number of rotatable bonds is 4. The van der Waals surface area contributed by atoms with Crippen LogP contribution in [0, 0.1) is 5.92 Å². The lowest BCUT2D eigenvalue weighted by atomic mass is 10.1. The fraction of sp³-hybridized carbons (Fsp3) is 0.333. The Morgan fingerprint density at radius 1 is 1.42 bits per heavy atom. The highest BCUT2D eigenvalue weighted by atomic mass is 16.2. The third kappa shape index (κ3) is 2.52. The molecule has 0 spiro atoms. The van der Waals surface area contributed by atoms with E-state index < -0.39 is 0 Å². The van der Waals surface area contributed by atoms with Crippen molar-refractivity contribution in [1.29, 1.82) is 0 Å². The molecular weight excluding hydrogens is 238 g/mol. The Labute approximate surface area is 112 Å². The van der Waals surface area contributed by atoms with Crippen molar-refractivity contribution in [1.82, 2.24) is 15.5 Å². The van der Waals surface area contributed by atoms with Gasteiger partial charge in [-0.3, -0.25) is 9.89 Å². The normalized spacial score (nSPS) is 22.8. The van der Waals surface area contributed by atoms with E-state index in [1.165, 1.54) is 5.56 Å². The highest BCUT2D eigenvalue weighted by Crippen LogP contribution is 2.47. The quantitative estimate of drug-likeness (QED) is 0.881. The molecule has 1 aliphatic rings. The van der Waals surface area contributed by atoms with Gasteiger partial charge >= 0.3 is 0 Å². The summed E-state index contributed by atoms with van der Waals surface area (Å²) in [5, 5.41) is 9.70. The van der Waals surface area contributed by atoms with Crippen molar-refractivity contribution < 1.29 is 4.79 Å².